The average molecular weight is 548 g/mol. The van der Waals surface area contributed by atoms with Crippen molar-refractivity contribution in [1.29, 1.82) is 0 Å². The number of nitrogens with one attached hydrogen (secondary N) is 1. The molecule has 1 unspecified atom stereocenters. The number of aliphatic hydroxyl groups excluding tert-OH is 1. The molecule has 0 aromatic heterocycles. The van der Waals surface area contributed by atoms with Gasteiger partial charge in [-0.2, -0.15) is 0 Å². The maximum absolute atomic E-state index is 12.8. The van der Waals surface area contributed by atoms with Crippen LogP contribution in [-0.4, -0.2) is 38.7 Å². The number of carbonyl (C=O) groups excluding carboxylic acids is 1. The van der Waals surface area contributed by atoms with Crippen molar-refractivity contribution in [3.63, 3.8) is 0 Å². The monoisotopic (exact) mass is 547 g/mol. The second-order valence-electron chi connectivity index (χ2n) is 7.42. The van der Waals surface area contributed by atoms with E-state index in [4.69, 9.17) is 23.2 Å². The number of halogens is 5. The van der Waals surface area contributed by atoms with Gasteiger partial charge >= 0.3 is 6.36 Å². The molecule has 0 spiro atoms. The summed E-state index contributed by atoms with van der Waals surface area (Å²) in [4.78, 5) is 12.9. The number of para-hydroxylation sites is 1. The summed E-state index contributed by atoms with van der Waals surface area (Å²) in [7, 11) is -3.43. The van der Waals surface area contributed by atoms with Gasteiger partial charge < -0.3 is 15.2 Å². The minimum atomic E-state index is -4.93. The summed E-state index contributed by atoms with van der Waals surface area (Å²) in [6.07, 6.45) is -3.88. The minimum absolute atomic E-state index is 0.00287. The Hall–Kier alpha value is -2.79. The first-order chi connectivity index (χ1) is 16.3. The molecular weight excluding hydrogens is 530 g/mol. The van der Waals surface area contributed by atoms with Crippen LogP contribution in [0.2, 0.25) is 10.0 Å². The molecule has 6 nitrogen and oxygen atoms in total. The van der Waals surface area contributed by atoms with Crippen LogP contribution in [0.1, 0.15) is 11.5 Å². The second-order valence-corrected chi connectivity index (χ2v) is 10.3. The zero-order chi connectivity index (χ0) is 26.0. The van der Waals surface area contributed by atoms with E-state index in [-0.39, 0.29) is 31.8 Å². The van der Waals surface area contributed by atoms with Gasteiger partial charge in [-0.25, -0.2) is 8.42 Å². The second kappa shape index (κ2) is 10.4. The molecule has 186 valence electrons. The lowest BCUT2D eigenvalue weighted by molar-refractivity contribution is -0.274. The Labute approximate surface area is 209 Å². The number of alkyl halides is 3. The summed E-state index contributed by atoms with van der Waals surface area (Å²) >= 11 is 12.6. The van der Waals surface area contributed by atoms with Crippen LogP contribution < -0.4 is 10.1 Å². The number of hydrogen-bond acceptors (Lipinski definition) is 5. The number of amides is 1. The average Bonchev–Trinajstić information content (AvgIpc) is 2.73. The molecule has 0 heterocycles. The third-order valence-electron chi connectivity index (χ3n) is 4.90. The highest BCUT2D eigenvalue weighted by molar-refractivity contribution is 7.90. The van der Waals surface area contributed by atoms with Crippen molar-refractivity contribution in [3.05, 3.63) is 76.3 Å². The van der Waals surface area contributed by atoms with Crippen LogP contribution in [-0.2, 0) is 14.6 Å². The molecule has 12 heteroatoms. The highest BCUT2D eigenvalue weighted by Gasteiger charge is 2.32. The van der Waals surface area contributed by atoms with Gasteiger partial charge in [0.05, 0.1) is 27.5 Å². The fourth-order valence-corrected chi connectivity index (χ4v) is 4.63. The Balaban J connectivity index is 1.88. The summed E-state index contributed by atoms with van der Waals surface area (Å²) < 4.78 is 65.7. The maximum atomic E-state index is 12.8. The van der Waals surface area contributed by atoms with Crippen LogP contribution in [0.3, 0.4) is 0 Å². The van der Waals surface area contributed by atoms with Gasteiger partial charge in [-0.3, -0.25) is 4.79 Å². The van der Waals surface area contributed by atoms with E-state index in [1.165, 1.54) is 54.6 Å². The largest absolute Gasteiger partial charge is 0.573 e. The third-order valence-corrected chi connectivity index (χ3v) is 6.63. The Kier molecular flexibility index (Phi) is 8.00. The molecule has 0 aliphatic rings. The smallest absolute Gasteiger partial charge is 0.405 e. The predicted molar refractivity (Wildman–Crippen MR) is 127 cm³/mol. The molecule has 3 aromatic carbocycles. The molecule has 0 radical (unpaired) electrons. The molecule has 3 aromatic rings. The fourth-order valence-electron chi connectivity index (χ4n) is 3.31. The van der Waals surface area contributed by atoms with E-state index in [0.717, 1.165) is 12.3 Å². The number of sulfone groups is 1. The van der Waals surface area contributed by atoms with Gasteiger partial charge in [0.2, 0.25) is 5.91 Å². The van der Waals surface area contributed by atoms with Crippen molar-refractivity contribution < 1.29 is 36.2 Å². The van der Waals surface area contributed by atoms with E-state index < -0.39 is 40.4 Å². The van der Waals surface area contributed by atoms with Gasteiger partial charge in [0.1, 0.15) is 5.75 Å². The highest BCUT2D eigenvalue weighted by Crippen LogP contribution is 2.42. The Morgan fingerprint density at radius 3 is 2.14 bits per heavy atom. The molecule has 0 fully saturated rings. The lowest BCUT2D eigenvalue weighted by Crippen LogP contribution is -2.24. The molecule has 2 N–H and O–H groups in total. The number of anilines is 1. The Morgan fingerprint density at radius 2 is 1.63 bits per heavy atom. The van der Waals surface area contributed by atoms with Gasteiger partial charge in [-0.05, 0) is 35.9 Å². The molecule has 0 aliphatic carbocycles. The van der Waals surface area contributed by atoms with E-state index in [0.29, 0.717) is 5.56 Å². The maximum Gasteiger partial charge on any atom is 0.573 e. The first-order valence-electron chi connectivity index (χ1n) is 9.86. The van der Waals surface area contributed by atoms with Gasteiger partial charge in [0, 0.05) is 23.1 Å². The topological polar surface area (TPSA) is 92.7 Å². The fraction of sp³-hybridized carbons (Fsp3) is 0.174. The summed E-state index contributed by atoms with van der Waals surface area (Å²) in [6, 6.07) is 13.4. The van der Waals surface area contributed by atoms with Crippen molar-refractivity contribution >= 4 is 44.6 Å². The lowest BCUT2D eigenvalue weighted by Gasteiger charge is -2.18. The molecule has 0 bridgehead atoms. The molecule has 0 aliphatic heterocycles. The van der Waals surface area contributed by atoms with E-state index in [9.17, 15) is 31.5 Å². The molecule has 3 rings (SSSR count). The zero-order valence-electron chi connectivity index (χ0n) is 17.9. The van der Waals surface area contributed by atoms with Crippen LogP contribution in [0.4, 0.5) is 18.9 Å². The van der Waals surface area contributed by atoms with E-state index in [1.54, 1.807) is 0 Å². The van der Waals surface area contributed by atoms with E-state index in [1.807, 2.05) is 0 Å². The Morgan fingerprint density at radius 1 is 1.06 bits per heavy atom. The van der Waals surface area contributed by atoms with Crippen LogP contribution in [0, 0.1) is 0 Å². The summed E-state index contributed by atoms with van der Waals surface area (Å²) in [5.74, 6) is -2.18. The lowest BCUT2D eigenvalue weighted by atomic mass is 9.99. The molecule has 0 saturated heterocycles. The molecular formula is C23H18Cl2F3NO5S. The number of ether oxygens (including phenoxy) is 1. The van der Waals surface area contributed by atoms with E-state index in [2.05, 4.69) is 10.1 Å². The minimum Gasteiger partial charge on any atom is -0.405 e. The quantitative estimate of drug-likeness (QED) is 0.397. The van der Waals surface area contributed by atoms with Gasteiger partial charge in [-0.1, -0.05) is 53.5 Å². The number of benzene rings is 3. The SMILES string of the molecule is CS(=O)(=O)c1ccc(C(CO)C(=O)Nc2cc(Cl)c(-c3ccccc3OC(F)(F)F)c(Cl)c2)cc1. The van der Waals surface area contributed by atoms with Crippen LogP contribution in [0.5, 0.6) is 5.75 Å². The summed E-state index contributed by atoms with van der Waals surface area (Å²) in [6.45, 7) is -0.578. The third kappa shape index (κ3) is 6.66. The van der Waals surface area contributed by atoms with Gasteiger partial charge in [0.25, 0.3) is 0 Å². The zero-order valence-corrected chi connectivity index (χ0v) is 20.3. The van der Waals surface area contributed by atoms with Crippen molar-refractivity contribution in [2.45, 2.75) is 17.2 Å². The van der Waals surface area contributed by atoms with Gasteiger partial charge in [-0.15, -0.1) is 13.2 Å². The first kappa shape index (κ1) is 26.8. The molecule has 35 heavy (non-hydrogen) atoms. The van der Waals surface area contributed by atoms with Crippen LogP contribution in [0.15, 0.2) is 65.6 Å². The number of carbonyl (C=O) groups is 1. The summed E-state index contributed by atoms with van der Waals surface area (Å²) in [5, 5.41) is 12.2. The molecule has 0 saturated carbocycles. The standard InChI is InChI=1S/C23H18Cl2F3NO5S/c1-35(32,33)15-8-6-13(7-9-15)17(12-30)22(31)29-14-10-18(24)21(19(25)11-14)16-4-2-3-5-20(16)34-23(26,27)28/h2-11,17,30H,12H2,1H3,(H,29,31). The van der Waals surface area contributed by atoms with Crippen molar-refractivity contribution in [2.75, 3.05) is 18.2 Å². The molecule has 1 amide bonds. The van der Waals surface area contributed by atoms with E-state index >= 15 is 0 Å². The number of rotatable bonds is 7. The van der Waals surface area contributed by atoms with Crippen LogP contribution >= 0.6 is 23.2 Å². The van der Waals surface area contributed by atoms with Gasteiger partial charge in [0.15, 0.2) is 9.84 Å². The Bertz CT molecular complexity index is 1320. The first-order valence-corrected chi connectivity index (χ1v) is 12.5. The summed E-state index contributed by atoms with van der Waals surface area (Å²) in [5.41, 5.74) is 0.566. The normalized spacial score (nSPS) is 12.8. The highest BCUT2D eigenvalue weighted by atomic mass is 35.5. The van der Waals surface area contributed by atoms with Crippen LogP contribution in [0.25, 0.3) is 11.1 Å². The molecule has 1 atom stereocenters. The number of hydrogen-bond donors (Lipinski definition) is 2. The van der Waals surface area contributed by atoms with Crippen molar-refractivity contribution in [2.24, 2.45) is 0 Å². The predicted octanol–water partition coefficient (Wildman–Crippen LogP) is 5.68. The van der Waals surface area contributed by atoms with Crippen molar-refractivity contribution in [1.82, 2.24) is 0 Å². The number of aliphatic hydroxyl groups is 1. The van der Waals surface area contributed by atoms with Crippen molar-refractivity contribution in [3.8, 4) is 16.9 Å².